The number of fused-ring (bicyclic) bond motifs is 7. The third-order valence-corrected chi connectivity index (χ3v) is 15.4. The monoisotopic (exact) mass is 812 g/mol. The molecule has 0 N–H and O–H groups in total. The van der Waals surface area contributed by atoms with Crippen LogP contribution in [0.15, 0.2) is 233 Å². The molecule has 2 heterocycles. The Morgan fingerprint density at radius 3 is 1.16 bits per heavy atom. The van der Waals surface area contributed by atoms with E-state index in [2.05, 4.69) is 140 Å². The summed E-state index contributed by atoms with van der Waals surface area (Å²) >= 11 is 0. The highest BCUT2D eigenvalue weighted by Crippen LogP contribution is 2.43. The van der Waals surface area contributed by atoms with Crippen LogP contribution in [0.3, 0.4) is 0 Å². The van der Waals surface area contributed by atoms with Crippen molar-refractivity contribution >= 4 is 77.7 Å². The molecular formula is C58H37O3P. The first-order valence-electron chi connectivity index (χ1n) is 20.9. The lowest BCUT2D eigenvalue weighted by atomic mass is 9.95. The van der Waals surface area contributed by atoms with E-state index >= 15 is 4.57 Å². The molecule has 12 rings (SSSR count). The van der Waals surface area contributed by atoms with Crippen molar-refractivity contribution in [1.82, 2.24) is 0 Å². The van der Waals surface area contributed by atoms with Gasteiger partial charge in [-0.25, -0.2) is 0 Å². The van der Waals surface area contributed by atoms with Gasteiger partial charge in [-0.3, -0.25) is 0 Å². The summed E-state index contributed by atoms with van der Waals surface area (Å²) in [5.74, 6) is 0. The molecule has 0 aliphatic heterocycles. The van der Waals surface area contributed by atoms with Gasteiger partial charge in [0, 0.05) is 37.5 Å². The van der Waals surface area contributed by atoms with E-state index in [-0.39, 0.29) is 0 Å². The molecule has 0 aliphatic rings. The third kappa shape index (κ3) is 6.09. The van der Waals surface area contributed by atoms with Gasteiger partial charge in [-0.2, -0.15) is 0 Å². The maximum atomic E-state index is 15.1. The minimum Gasteiger partial charge on any atom is -0.456 e. The Morgan fingerprint density at radius 1 is 0.258 bits per heavy atom. The van der Waals surface area contributed by atoms with E-state index in [1.165, 1.54) is 0 Å². The van der Waals surface area contributed by atoms with Gasteiger partial charge in [0.25, 0.3) is 0 Å². The second kappa shape index (κ2) is 14.5. The first kappa shape index (κ1) is 36.2. The molecule has 10 aromatic carbocycles. The minimum atomic E-state index is -3.09. The lowest BCUT2D eigenvalue weighted by molar-refractivity contribution is 0.592. The highest BCUT2D eigenvalue weighted by Gasteiger charge is 2.29. The number of hydrogen-bond donors (Lipinski definition) is 0. The molecule has 0 bridgehead atoms. The fraction of sp³-hybridized carbons (Fsp3) is 0. The van der Waals surface area contributed by atoms with E-state index in [4.69, 9.17) is 8.83 Å². The summed E-state index contributed by atoms with van der Waals surface area (Å²) in [5.41, 5.74) is 12.5. The molecule has 0 fully saturated rings. The highest BCUT2D eigenvalue weighted by molar-refractivity contribution is 7.85. The first-order chi connectivity index (χ1) is 30.5. The Hall–Kier alpha value is -7.71. The number of para-hydroxylation sites is 1. The predicted molar refractivity (Wildman–Crippen MR) is 260 cm³/mol. The van der Waals surface area contributed by atoms with Crippen molar-refractivity contribution in [3.05, 3.63) is 224 Å². The summed E-state index contributed by atoms with van der Waals surface area (Å²) in [6.45, 7) is 0. The third-order valence-electron chi connectivity index (χ3n) is 12.3. The van der Waals surface area contributed by atoms with E-state index < -0.39 is 7.14 Å². The second-order valence-corrected chi connectivity index (χ2v) is 18.8. The van der Waals surface area contributed by atoms with Crippen molar-refractivity contribution in [3.63, 3.8) is 0 Å². The standard InChI is InChI=1S/C58H37O3P/c59-62(48-14-3-1-4-15-48,49-16-5-2-6-17-49)50-18-10-13-40(34-50)42-22-24-43-32-41(21-23-44(43)33-42)38-11-9-12-39(31-38)45-25-29-57-53(36-45)54-37-47(27-30-58(54)61-57)46-26-28-56-52(35-46)51-19-7-8-20-55(51)60-56/h1-37H. The average Bonchev–Trinajstić information content (AvgIpc) is 3.91. The summed E-state index contributed by atoms with van der Waals surface area (Å²) < 4.78 is 27.6. The van der Waals surface area contributed by atoms with Gasteiger partial charge in [-0.1, -0.05) is 158 Å². The van der Waals surface area contributed by atoms with E-state index in [1.807, 2.05) is 84.9 Å². The largest absolute Gasteiger partial charge is 0.456 e. The second-order valence-electron chi connectivity index (χ2n) is 16.0. The van der Waals surface area contributed by atoms with Crippen LogP contribution in [0.1, 0.15) is 0 Å². The molecule has 0 amide bonds. The van der Waals surface area contributed by atoms with Gasteiger partial charge in [-0.15, -0.1) is 0 Å². The maximum Gasteiger partial charge on any atom is 0.171 e. The summed E-state index contributed by atoms with van der Waals surface area (Å²) in [4.78, 5) is 0. The summed E-state index contributed by atoms with van der Waals surface area (Å²) in [7, 11) is -3.09. The lowest BCUT2D eigenvalue weighted by Crippen LogP contribution is -2.25. The molecule has 292 valence electrons. The zero-order valence-electron chi connectivity index (χ0n) is 33.5. The molecule has 4 heteroatoms. The molecule has 0 saturated heterocycles. The quantitative estimate of drug-likeness (QED) is 0.151. The van der Waals surface area contributed by atoms with Crippen LogP contribution in [0, 0.1) is 0 Å². The number of furan rings is 2. The van der Waals surface area contributed by atoms with E-state index in [1.54, 1.807) is 0 Å². The van der Waals surface area contributed by atoms with Crippen LogP contribution in [0.5, 0.6) is 0 Å². The Morgan fingerprint density at radius 2 is 0.629 bits per heavy atom. The smallest absolute Gasteiger partial charge is 0.171 e. The van der Waals surface area contributed by atoms with Crippen molar-refractivity contribution in [3.8, 4) is 44.5 Å². The topological polar surface area (TPSA) is 43.4 Å². The van der Waals surface area contributed by atoms with Gasteiger partial charge < -0.3 is 13.4 Å². The van der Waals surface area contributed by atoms with Gasteiger partial charge in [0.1, 0.15) is 22.3 Å². The SMILES string of the molecule is O=P(c1ccccc1)(c1ccccc1)c1cccc(-c2ccc3cc(-c4cccc(-c5ccc6oc7ccc(-c8ccc9oc%10ccccc%10c9c8)cc7c6c5)c4)ccc3c2)c1. The molecular weight excluding hydrogens is 776 g/mol. The van der Waals surface area contributed by atoms with Crippen molar-refractivity contribution < 1.29 is 13.4 Å². The van der Waals surface area contributed by atoms with Gasteiger partial charge in [0.2, 0.25) is 0 Å². The number of rotatable bonds is 7. The molecule has 0 atom stereocenters. The molecule has 62 heavy (non-hydrogen) atoms. The Bertz CT molecular complexity index is 3680. The van der Waals surface area contributed by atoms with Gasteiger partial charge in [0.15, 0.2) is 7.14 Å². The van der Waals surface area contributed by atoms with Crippen LogP contribution in [0.2, 0.25) is 0 Å². The van der Waals surface area contributed by atoms with Crippen LogP contribution >= 0.6 is 7.14 Å². The molecule has 0 radical (unpaired) electrons. The van der Waals surface area contributed by atoms with Gasteiger partial charge in [0.05, 0.1) is 0 Å². The summed E-state index contributed by atoms with van der Waals surface area (Å²) in [5, 5.41) is 9.22. The van der Waals surface area contributed by atoms with Crippen LogP contribution in [-0.4, -0.2) is 0 Å². The zero-order chi connectivity index (χ0) is 41.2. The molecule has 12 aromatic rings. The number of benzene rings is 10. The zero-order valence-corrected chi connectivity index (χ0v) is 34.4. The summed E-state index contributed by atoms with van der Waals surface area (Å²) in [6, 6.07) is 77.6. The molecule has 0 spiro atoms. The van der Waals surface area contributed by atoms with E-state index in [0.717, 1.165) is 115 Å². The van der Waals surface area contributed by atoms with Crippen molar-refractivity contribution in [1.29, 1.82) is 0 Å². The average molecular weight is 813 g/mol. The van der Waals surface area contributed by atoms with Crippen molar-refractivity contribution in [2.45, 2.75) is 0 Å². The predicted octanol–water partition coefficient (Wildman–Crippen LogP) is 14.9. The van der Waals surface area contributed by atoms with Crippen LogP contribution in [-0.2, 0) is 4.57 Å². The Labute approximate surface area is 358 Å². The summed E-state index contributed by atoms with van der Waals surface area (Å²) in [6.07, 6.45) is 0. The lowest BCUT2D eigenvalue weighted by Gasteiger charge is -2.20. The molecule has 0 unspecified atom stereocenters. The van der Waals surface area contributed by atoms with Crippen LogP contribution in [0.4, 0.5) is 0 Å². The number of hydrogen-bond acceptors (Lipinski definition) is 3. The van der Waals surface area contributed by atoms with E-state index in [0.29, 0.717) is 0 Å². The van der Waals surface area contributed by atoms with Crippen LogP contribution in [0.25, 0.3) is 99.2 Å². The van der Waals surface area contributed by atoms with Crippen molar-refractivity contribution in [2.75, 3.05) is 0 Å². The van der Waals surface area contributed by atoms with Gasteiger partial charge >= 0.3 is 0 Å². The minimum absolute atomic E-state index is 0.824. The fourth-order valence-electron chi connectivity index (χ4n) is 9.13. The van der Waals surface area contributed by atoms with Crippen molar-refractivity contribution in [2.24, 2.45) is 0 Å². The highest BCUT2D eigenvalue weighted by atomic mass is 31.2. The molecule has 0 saturated carbocycles. The Balaban J connectivity index is 0.857. The molecule has 3 nitrogen and oxygen atoms in total. The first-order valence-corrected chi connectivity index (χ1v) is 22.6. The van der Waals surface area contributed by atoms with E-state index in [9.17, 15) is 0 Å². The fourth-order valence-corrected chi connectivity index (χ4v) is 11.8. The van der Waals surface area contributed by atoms with Crippen LogP contribution < -0.4 is 15.9 Å². The molecule has 2 aromatic heterocycles. The van der Waals surface area contributed by atoms with Gasteiger partial charge in [-0.05, 0) is 122 Å². The molecule has 0 aliphatic carbocycles. The maximum absolute atomic E-state index is 15.1. The normalized spacial score (nSPS) is 11.9. The Kier molecular flexibility index (Phi) is 8.45.